The van der Waals surface area contributed by atoms with Gasteiger partial charge in [0.05, 0.1) is 19.3 Å². The van der Waals surface area contributed by atoms with Crippen LogP contribution in [0.1, 0.15) is 162 Å². The van der Waals surface area contributed by atoms with E-state index in [4.69, 9.17) is 24.8 Å². The van der Waals surface area contributed by atoms with Gasteiger partial charge in [0.2, 0.25) is 0 Å². The summed E-state index contributed by atoms with van der Waals surface area (Å²) in [5.41, 5.74) is 5.32. The van der Waals surface area contributed by atoms with Gasteiger partial charge in [-0.3, -0.25) is 23.4 Å². The Morgan fingerprint density at radius 1 is 0.632 bits per heavy atom. The van der Waals surface area contributed by atoms with Gasteiger partial charge in [-0.2, -0.15) is 0 Å². The molecule has 0 aromatic carbocycles. The number of rotatable bonds is 39. The van der Waals surface area contributed by atoms with E-state index in [2.05, 4.69) is 36.6 Å². The van der Waals surface area contributed by atoms with Crippen molar-refractivity contribution in [3.05, 3.63) is 60.8 Å². The minimum atomic E-state index is -4.75. The van der Waals surface area contributed by atoms with Crippen molar-refractivity contribution in [2.24, 2.45) is 5.73 Å². The Hall–Kier alpha value is -2.86. The molecule has 0 aromatic rings. The molecule has 0 aliphatic heterocycles. The fourth-order valence-electron chi connectivity index (χ4n) is 5.37. The maximum atomic E-state index is 12.6. The first-order chi connectivity index (χ1) is 27.5. The molecule has 0 bridgehead atoms. The van der Waals surface area contributed by atoms with Gasteiger partial charge in [-0.25, -0.2) is 4.57 Å². The van der Waals surface area contributed by atoms with Crippen molar-refractivity contribution >= 4 is 25.7 Å². The van der Waals surface area contributed by atoms with Crippen LogP contribution >= 0.6 is 7.82 Å². The first kappa shape index (κ1) is 54.1. The zero-order valence-electron chi connectivity index (χ0n) is 35.0. The first-order valence-electron chi connectivity index (χ1n) is 21.4. The molecule has 4 atom stereocenters. The number of carbonyl (C=O) groups is 3. The standard InChI is InChI=1S/C44H76NO11P/c1-3-5-7-9-11-12-13-14-15-16-17-18-22-26-30-34-42(47)53-36-40(37-54-57(51,52)55-38-41(45)44(49)50)56-43(48)35-31-27-23-20-19-21-25-29-33-39(46)32-28-24-10-8-6-4-2/h14-15,20-21,23-25,28-29,33,39-41,46H,3-13,16-19,22,26-27,30-32,34-38,45H2,1-2H3,(H,49,50)(H,51,52)/b15-14-,23-20-,25-21-,28-24-,33-29+/t39-,40+,41-/m0/s1. The van der Waals surface area contributed by atoms with Crippen LogP contribution < -0.4 is 5.73 Å². The second-order valence-corrected chi connectivity index (χ2v) is 15.8. The number of hydrogen-bond donors (Lipinski definition) is 4. The lowest BCUT2D eigenvalue weighted by Gasteiger charge is -2.20. The van der Waals surface area contributed by atoms with Crippen molar-refractivity contribution in [1.82, 2.24) is 0 Å². The fourth-order valence-corrected chi connectivity index (χ4v) is 6.15. The smallest absolute Gasteiger partial charge is 0.472 e. The first-order valence-corrected chi connectivity index (χ1v) is 22.9. The number of carbonyl (C=O) groups excluding carboxylic acids is 2. The third-order valence-electron chi connectivity index (χ3n) is 8.82. The fraction of sp³-hybridized carbons (Fsp3) is 0.705. The van der Waals surface area contributed by atoms with Crippen LogP contribution in [-0.4, -0.2) is 71.1 Å². The highest BCUT2D eigenvalue weighted by Gasteiger charge is 2.28. The van der Waals surface area contributed by atoms with Gasteiger partial charge in [0.15, 0.2) is 6.10 Å². The number of unbranched alkanes of at least 4 members (excludes halogenated alkanes) is 15. The molecule has 13 heteroatoms. The van der Waals surface area contributed by atoms with Crippen molar-refractivity contribution in [2.75, 3.05) is 19.8 Å². The van der Waals surface area contributed by atoms with Gasteiger partial charge >= 0.3 is 25.7 Å². The molecule has 328 valence electrons. The van der Waals surface area contributed by atoms with Crippen molar-refractivity contribution in [1.29, 1.82) is 0 Å². The monoisotopic (exact) mass is 826 g/mol. The van der Waals surface area contributed by atoms with Gasteiger partial charge in [-0.15, -0.1) is 0 Å². The normalized spacial score (nSPS) is 14.9. The third kappa shape index (κ3) is 38.4. The van der Waals surface area contributed by atoms with E-state index >= 15 is 0 Å². The quantitative estimate of drug-likeness (QED) is 0.0151. The van der Waals surface area contributed by atoms with Crippen LogP contribution in [0.15, 0.2) is 60.8 Å². The Balaban J connectivity index is 4.56. The SMILES string of the molecule is CCCCC/C=C\C[C@H](O)/C=C/C=C\C/C=C\CCCC(=O)O[C@H](COC(=O)CCCCCCC/C=C\CCCCCCCC)COP(=O)(O)OC[C@H](N)C(=O)O. The topological polar surface area (TPSA) is 192 Å². The molecule has 0 radical (unpaired) electrons. The van der Waals surface area contributed by atoms with Crippen molar-refractivity contribution < 1.29 is 52.6 Å². The average Bonchev–Trinajstić information content (AvgIpc) is 3.18. The Morgan fingerprint density at radius 2 is 1.16 bits per heavy atom. The number of carboxylic acids is 1. The highest BCUT2D eigenvalue weighted by molar-refractivity contribution is 7.47. The minimum Gasteiger partial charge on any atom is -0.480 e. The maximum absolute atomic E-state index is 12.6. The van der Waals surface area contributed by atoms with Gasteiger partial charge in [-0.05, 0) is 70.6 Å². The molecule has 0 aliphatic carbocycles. The Morgan fingerprint density at radius 3 is 1.82 bits per heavy atom. The van der Waals surface area contributed by atoms with Crippen LogP contribution in [-0.2, 0) is 37.5 Å². The molecule has 0 aromatic heterocycles. The molecule has 12 nitrogen and oxygen atoms in total. The number of ether oxygens (including phenoxy) is 2. The van der Waals surface area contributed by atoms with Gasteiger partial charge < -0.3 is 30.3 Å². The maximum Gasteiger partial charge on any atom is 0.472 e. The summed E-state index contributed by atoms with van der Waals surface area (Å²) in [6, 6.07) is -1.54. The summed E-state index contributed by atoms with van der Waals surface area (Å²) in [5, 5.41) is 18.9. The van der Waals surface area contributed by atoms with E-state index in [1.165, 1.54) is 57.8 Å². The number of aliphatic hydroxyl groups is 1. The highest BCUT2D eigenvalue weighted by Crippen LogP contribution is 2.43. The van der Waals surface area contributed by atoms with Crippen molar-refractivity contribution in [2.45, 2.75) is 180 Å². The summed E-state index contributed by atoms with van der Waals surface area (Å²) in [7, 11) is -4.75. The summed E-state index contributed by atoms with van der Waals surface area (Å²) in [4.78, 5) is 45.9. The zero-order chi connectivity index (χ0) is 42.2. The van der Waals surface area contributed by atoms with Gasteiger partial charge in [-0.1, -0.05) is 139 Å². The number of aliphatic carboxylic acids is 1. The molecule has 0 spiro atoms. The van der Waals surface area contributed by atoms with Crippen LogP contribution in [0.2, 0.25) is 0 Å². The largest absolute Gasteiger partial charge is 0.480 e. The summed E-state index contributed by atoms with van der Waals surface area (Å²) in [6.45, 7) is 2.61. The number of allylic oxidation sites excluding steroid dienone is 8. The van der Waals surface area contributed by atoms with E-state index in [0.717, 1.165) is 44.9 Å². The van der Waals surface area contributed by atoms with Crippen LogP contribution in [0.4, 0.5) is 0 Å². The molecule has 1 unspecified atom stereocenters. The number of esters is 2. The minimum absolute atomic E-state index is 0.0496. The van der Waals surface area contributed by atoms with Crippen molar-refractivity contribution in [3.63, 3.8) is 0 Å². The van der Waals surface area contributed by atoms with E-state index in [0.29, 0.717) is 32.1 Å². The molecule has 57 heavy (non-hydrogen) atoms. The number of nitrogens with two attached hydrogens (primary N) is 1. The highest BCUT2D eigenvalue weighted by atomic mass is 31.2. The van der Waals surface area contributed by atoms with Gasteiger partial charge in [0, 0.05) is 12.8 Å². The van der Waals surface area contributed by atoms with E-state index in [1.54, 1.807) is 6.08 Å². The number of phosphoric acid groups is 1. The molecular weight excluding hydrogens is 749 g/mol. The number of phosphoric ester groups is 1. The Labute approximate surface area is 343 Å². The van der Waals surface area contributed by atoms with Crippen LogP contribution in [0.25, 0.3) is 0 Å². The summed E-state index contributed by atoms with van der Waals surface area (Å²) in [5.74, 6) is -2.52. The van der Waals surface area contributed by atoms with Crippen LogP contribution in [0.5, 0.6) is 0 Å². The van der Waals surface area contributed by atoms with Gasteiger partial charge in [0.1, 0.15) is 12.6 Å². The Bertz CT molecular complexity index is 1220. The lowest BCUT2D eigenvalue weighted by atomic mass is 10.1. The lowest BCUT2D eigenvalue weighted by molar-refractivity contribution is -0.161. The van der Waals surface area contributed by atoms with E-state index in [1.807, 2.05) is 36.5 Å². The third-order valence-corrected chi connectivity index (χ3v) is 9.77. The van der Waals surface area contributed by atoms with Gasteiger partial charge in [0.25, 0.3) is 0 Å². The van der Waals surface area contributed by atoms with E-state index < -0.39 is 63.8 Å². The molecular formula is C44H76NO11P. The number of carboxylic acid groups (broad SMARTS) is 1. The molecule has 0 rings (SSSR count). The molecule has 0 heterocycles. The molecule has 0 fully saturated rings. The number of aliphatic hydroxyl groups excluding tert-OH is 1. The van der Waals surface area contributed by atoms with E-state index in [-0.39, 0.29) is 12.8 Å². The molecule has 0 saturated carbocycles. The van der Waals surface area contributed by atoms with E-state index in [9.17, 15) is 28.9 Å². The second kappa shape index (κ2) is 38.6. The summed E-state index contributed by atoms with van der Waals surface area (Å²) < 4.78 is 32.6. The molecule has 0 aliphatic rings. The molecule has 0 amide bonds. The van der Waals surface area contributed by atoms with Crippen LogP contribution in [0, 0.1) is 0 Å². The lowest BCUT2D eigenvalue weighted by Crippen LogP contribution is -2.34. The molecule has 5 N–H and O–H groups in total. The Kier molecular flexibility index (Phi) is 36.7. The average molecular weight is 826 g/mol. The molecule has 0 saturated heterocycles. The van der Waals surface area contributed by atoms with Crippen molar-refractivity contribution in [3.8, 4) is 0 Å². The summed E-state index contributed by atoms with van der Waals surface area (Å²) >= 11 is 0. The number of hydrogen-bond acceptors (Lipinski definition) is 10. The zero-order valence-corrected chi connectivity index (χ0v) is 35.9. The second-order valence-electron chi connectivity index (χ2n) is 14.3. The predicted octanol–water partition coefficient (Wildman–Crippen LogP) is 10.1. The van der Waals surface area contributed by atoms with Crippen LogP contribution in [0.3, 0.4) is 0 Å². The summed E-state index contributed by atoms with van der Waals surface area (Å²) in [6.07, 6.45) is 40.3. The predicted molar refractivity (Wildman–Crippen MR) is 227 cm³/mol.